The smallest absolute Gasteiger partial charge is 0.0931 e. The highest BCUT2D eigenvalue weighted by Crippen LogP contribution is 2.34. The molecule has 0 radical (unpaired) electrons. The number of hydrogen-bond acceptors (Lipinski definition) is 3. The van der Waals surface area contributed by atoms with Gasteiger partial charge in [-0.25, -0.2) is 0 Å². The zero-order valence-electron chi connectivity index (χ0n) is 13.1. The molecule has 0 amide bonds. The van der Waals surface area contributed by atoms with E-state index in [0.29, 0.717) is 18.1 Å². The first kappa shape index (κ1) is 15.8. The molecule has 2 fully saturated rings. The Balaban J connectivity index is 1.68. The minimum absolute atomic E-state index is 0.477. The molecule has 118 valence electrons. The Labute approximate surface area is 137 Å². The van der Waals surface area contributed by atoms with Crippen LogP contribution in [0.15, 0.2) is 12.1 Å². The summed E-state index contributed by atoms with van der Waals surface area (Å²) in [6.07, 6.45) is 7.12. The van der Waals surface area contributed by atoms with Gasteiger partial charge in [0.1, 0.15) is 0 Å². The van der Waals surface area contributed by atoms with Gasteiger partial charge < -0.3 is 5.32 Å². The first-order valence-electron chi connectivity index (χ1n) is 8.39. The summed E-state index contributed by atoms with van der Waals surface area (Å²) in [4.78, 5) is 4.08. The Hall–Kier alpha value is -0.0900. The summed E-state index contributed by atoms with van der Waals surface area (Å²) in [7, 11) is 0. The van der Waals surface area contributed by atoms with Crippen molar-refractivity contribution in [3.8, 4) is 0 Å². The number of thiophene rings is 1. The molecule has 3 unspecified atom stereocenters. The summed E-state index contributed by atoms with van der Waals surface area (Å²) in [5.74, 6) is 0.882. The van der Waals surface area contributed by atoms with E-state index in [1.165, 1.54) is 43.5 Å². The SMILES string of the molecule is CC1CNC(C2CCCCC2)CN1C(C)c1ccc(Cl)s1. The van der Waals surface area contributed by atoms with E-state index >= 15 is 0 Å². The summed E-state index contributed by atoms with van der Waals surface area (Å²) < 4.78 is 0.906. The minimum atomic E-state index is 0.477. The van der Waals surface area contributed by atoms with E-state index in [2.05, 4.69) is 30.1 Å². The monoisotopic (exact) mass is 326 g/mol. The van der Waals surface area contributed by atoms with Gasteiger partial charge in [-0.1, -0.05) is 30.9 Å². The van der Waals surface area contributed by atoms with Gasteiger partial charge in [0, 0.05) is 36.1 Å². The summed E-state index contributed by atoms with van der Waals surface area (Å²) in [6.45, 7) is 6.98. The van der Waals surface area contributed by atoms with E-state index < -0.39 is 0 Å². The number of piperazine rings is 1. The van der Waals surface area contributed by atoms with Crippen molar-refractivity contribution in [3.63, 3.8) is 0 Å². The van der Waals surface area contributed by atoms with E-state index in [9.17, 15) is 0 Å². The summed E-state index contributed by atoms with van der Waals surface area (Å²) in [5.41, 5.74) is 0. The maximum Gasteiger partial charge on any atom is 0.0931 e. The van der Waals surface area contributed by atoms with Crippen LogP contribution in [0.2, 0.25) is 4.34 Å². The van der Waals surface area contributed by atoms with Crippen molar-refractivity contribution in [1.82, 2.24) is 10.2 Å². The lowest BCUT2D eigenvalue weighted by molar-refractivity contribution is 0.0731. The zero-order valence-corrected chi connectivity index (χ0v) is 14.7. The van der Waals surface area contributed by atoms with E-state index in [4.69, 9.17) is 11.6 Å². The van der Waals surface area contributed by atoms with Crippen LogP contribution in [0.5, 0.6) is 0 Å². The Morgan fingerprint density at radius 2 is 2.05 bits per heavy atom. The fraction of sp³-hybridized carbons (Fsp3) is 0.765. The molecule has 3 rings (SSSR count). The van der Waals surface area contributed by atoms with Crippen LogP contribution in [0.1, 0.15) is 56.9 Å². The lowest BCUT2D eigenvalue weighted by Gasteiger charge is -2.45. The summed E-state index contributed by atoms with van der Waals surface area (Å²) in [5, 5.41) is 3.82. The number of hydrogen-bond donors (Lipinski definition) is 1. The van der Waals surface area contributed by atoms with Crippen molar-refractivity contribution in [2.75, 3.05) is 13.1 Å². The highest BCUT2D eigenvalue weighted by Gasteiger charge is 2.33. The summed E-state index contributed by atoms with van der Waals surface area (Å²) in [6, 6.07) is 5.98. The maximum atomic E-state index is 6.12. The Morgan fingerprint density at radius 1 is 1.29 bits per heavy atom. The second-order valence-electron chi connectivity index (χ2n) is 6.78. The number of nitrogens with one attached hydrogen (secondary N) is 1. The molecule has 1 saturated heterocycles. The molecular formula is C17H27ClN2S. The molecule has 1 saturated carbocycles. The highest BCUT2D eigenvalue weighted by atomic mass is 35.5. The minimum Gasteiger partial charge on any atom is -0.311 e. The predicted octanol–water partition coefficient (Wildman–Crippen LogP) is 4.71. The van der Waals surface area contributed by atoms with E-state index in [1.807, 2.05) is 6.07 Å². The Morgan fingerprint density at radius 3 is 2.71 bits per heavy atom. The van der Waals surface area contributed by atoms with Crippen LogP contribution in [0.4, 0.5) is 0 Å². The third-order valence-electron chi connectivity index (χ3n) is 5.37. The molecular weight excluding hydrogens is 300 g/mol. The fourth-order valence-corrected chi connectivity index (χ4v) is 5.15. The molecule has 21 heavy (non-hydrogen) atoms. The van der Waals surface area contributed by atoms with Gasteiger partial charge >= 0.3 is 0 Å². The topological polar surface area (TPSA) is 15.3 Å². The van der Waals surface area contributed by atoms with E-state index in [-0.39, 0.29) is 0 Å². The lowest BCUT2D eigenvalue weighted by Crippen LogP contribution is -2.58. The molecule has 1 aromatic heterocycles. The van der Waals surface area contributed by atoms with Gasteiger partial charge in [0.15, 0.2) is 0 Å². The number of halogens is 1. The molecule has 1 aromatic rings. The molecule has 2 aliphatic rings. The Kier molecular flexibility index (Phi) is 5.26. The van der Waals surface area contributed by atoms with Gasteiger partial charge in [-0.3, -0.25) is 4.90 Å². The quantitative estimate of drug-likeness (QED) is 0.865. The van der Waals surface area contributed by atoms with Gasteiger partial charge in [0.05, 0.1) is 4.34 Å². The van der Waals surface area contributed by atoms with Crippen LogP contribution in [-0.4, -0.2) is 30.1 Å². The standard InChI is InChI=1S/C17H27ClN2S/c1-12-10-19-15(14-6-4-3-5-7-14)11-20(12)13(2)16-8-9-17(18)21-16/h8-9,12-15,19H,3-7,10-11H2,1-2H3. The summed E-state index contributed by atoms with van der Waals surface area (Å²) >= 11 is 7.85. The average molecular weight is 327 g/mol. The molecule has 2 heterocycles. The van der Waals surface area contributed by atoms with Crippen molar-refractivity contribution >= 4 is 22.9 Å². The fourth-order valence-electron chi connectivity index (χ4n) is 4.02. The van der Waals surface area contributed by atoms with E-state index in [0.717, 1.165) is 16.8 Å². The molecule has 1 aliphatic heterocycles. The second kappa shape index (κ2) is 6.99. The van der Waals surface area contributed by atoms with Gasteiger partial charge in [-0.05, 0) is 44.7 Å². The van der Waals surface area contributed by atoms with Gasteiger partial charge in [-0.2, -0.15) is 0 Å². The lowest BCUT2D eigenvalue weighted by atomic mass is 9.82. The second-order valence-corrected chi connectivity index (χ2v) is 8.52. The molecule has 0 aromatic carbocycles. The van der Waals surface area contributed by atoms with Gasteiger partial charge in [-0.15, -0.1) is 11.3 Å². The molecule has 4 heteroatoms. The normalized spacial score (nSPS) is 30.4. The predicted molar refractivity (Wildman–Crippen MR) is 92.3 cm³/mol. The molecule has 1 aliphatic carbocycles. The van der Waals surface area contributed by atoms with Crippen molar-refractivity contribution in [2.45, 2.75) is 64.1 Å². The number of rotatable bonds is 3. The first-order valence-corrected chi connectivity index (χ1v) is 9.59. The van der Waals surface area contributed by atoms with Gasteiger partial charge in [0.25, 0.3) is 0 Å². The average Bonchev–Trinajstić information content (AvgIpc) is 2.94. The van der Waals surface area contributed by atoms with Crippen molar-refractivity contribution < 1.29 is 0 Å². The van der Waals surface area contributed by atoms with Crippen LogP contribution in [0, 0.1) is 5.92 Å². The van der Waals surface area contributed by atoms with E-state index in [1.54, 1.807) is 11.3 Å². The van der Waals surface area contributed by atoms with Gasteiger partial charge in [0.2, 0.25) is 0 Å². The Bertz CT molecular complexity index is 455. The van der Waals surface area contributed by atoms with Crippen molar-refractivity contribution in [2.24, 2.45) is 5.92 Å². The molecule has 0 spiro atoms. The highest BCUT2D eigenvalue weighted by molar-refractivity contribution is 7.16. The van der Waals surface area contributed by atoms with Crippen LogP contribution >= 0.6 is 22.9 Å². The zero-order chi connectivity index (χ0) is 14.8. The third-order valence-corrected chi connectivity index (χ3v) is 6.77. The first-order chi connectivity index (χ1) is 10.1. The van der Waals surface area contributed by atoms with Crippen LogP contribution in [-0.2, 0) is 0 Å². The molecule has 1 N–H and O–H groups in total. The van der Waals surface area contributed by atoms with Crippen LogP contribution in [0.25, 0.3) is 0 Å². The van der Waals surface area contributed by atoms with Crippen LogP contribution in [0.3, 0.4) is 0 Å². The number of nitrogens with zero attached hydrogens (tertiary/aromatic N) is 1. The van der Waals surface area contributed by atoms with Crippen molar-refractivity contribution in [1.29, 1.82) is 0 Å². The third kappa shape index (κ3) is 3.64. The molecule has 0 bridgehead atoms. The maximum absolute atomic E-state index is 6.12. The molecule has 2 nitrogen and oxygen atoms in total. The largest absolute Gasteiger partial charge is 0.311 e. The van der Waals surface area contributed by atoms with Crippen molar-refractivity contribution in [3.05, 3.63) is 21.3 Å². The molecule has 3 atom stereocenters. The van der Waals surface area contributed by atoms with Crippen LogP contribution < -0.4 is 5.32 Å².